The minimum Gasteiger partial charge on any atom is -0.487 e. The van der Waals surface area contributed by atoms with Crippen LogP contribution in [0.1, 0.15) is 6.92 Å². The smallest absolute Gasteiger partial charge is 0.171 e. The lowest BCUT2D eigenvalue weighted by atomic mass is 10.0. The van der Waals surface area contributed by atoms with E-state index in [9.17, 15) is 0 Å². The molecule has 2 rings (SSSR count). The standard InChI is InChI=1S/C20H21ClN4O/c1-4-15(11-19-14(2)5-6-20(21)25-19)17(12-23-3)18(22)13-26-16-7-9-24-10-8-16/h4-12H,2,13,22H2,1,3H3/p+1/b15-4+,18-17?,19-11+,23-12?. The highest BCUT2D eigenvalue weighted by Crippen LogP contribution is 2.13. The largest absolute Gasteiger partial charge is 0.487 e. The van der Waals surface area contributed by atoms with Gasteiger partial charge in [0.25, 0.3) is 0 Å². The summed E-state index contributed by atoms with van der Waals surface area (Å²) < 4.78 is 5.72. The first-order chi connectivity index (χ1) is 12.5. The van der Waals surface area contributed by atoms with Gasteiger partial charge >= 0.3 is 0 Å². The Kier molecular flexibility index (Phi) is 7.12. The van der Waals surface area contributed by atoms with Crippen molar-refractivity contribution in [2.75, 3.05) is 13.7 Å². The van der Waals surface area contributed by atoms with Crippen LogP contribution >= 0.6 is 11.6 Å². The first-order valence-corrected chi connectivity index (χ1v) is 8.44. The second-order valence-electron chi connectivity index (χ2n) is 5.41. The molecule has 0 aliphatic rings. The number of nitrogens with zero attached hydrogens (tertiary/aromatic N) is 2. The van der Waals surface area contributed by atoms with E-state index in [4.69, 9.17) is 22.1 Å². The Morgan fingerprint density at radius 2 is 2.04 bits per heavy atom. The fourth-order valence-electron chi connectivity index (χ4n) is 2.25. The highest BCUT2D eigenvalue weighted by atomic mass is 35.5. The van der Waals surface area contributed by atoms with Crippen molar-refractivity contribution in [3.8, 4) is 5.75 Å². The van der Waals surface area contributed by atoms with Crippen molar-refractivity contribution in [1.29, 1.82) is 0 Å². The fourth-order valence-corrected chi connectivity index (χ4v) is 2.40. The molecular weight excluding hydrogens is 348 g/mol. The molecule has 2 aromatic heterocycles. The van der Waals surface area contributed by atoms with Gasteiger partial charge in [0.15, 0.2) is 6.21 Å². The summed E-state index contributed by atoms with van der Waals surface area (Å²) in [5.74, 6) is 0.703. The molecule has 2 aromatic rings. The molecule has 3 N–H and O–H groups in total. The van der Waals surface area contributed by atoms with E-state index in [1.165, 1.54) is 0 Å². The molecule has 0 unspecified atom stereocenters. The van der Waals surface area contributed by atoms with Crippen LogP contribution in [-0.4, -0.2) is 29.8 Å². The van der Waals surface area contributed by atoms with Gasteiger partial charge in [-0.05, 0) is 42.0 Å². The maximum Gasteiger partial charge on any atom is 0.171 e. The van der Waals surface area contributed by atoms with Crippen molar-refractivity contribution in [3.63, 3.8) is 0 Å². The summed E-state index contributed by atoms with van der Waals surface area (Å²) in [7, 11) is 1.81. The summed E-state index contributed by atoms with van der Waals surface area (Å²) in [6.07, 6.45) is 9.01. The van der Waals surface area contributed by atoms with Crippen LogP contribution < -0.4 is 26.0 Å². The van der Waals surface area contributed by atoms with E-state index in [2.05, 4.69) is 21.5 Å². The van der Waals surface area contributed by atoms with Crippen LogP contribution in [0.5, 0.6) is 5.75 Å². The zero-order valence-corrected chi connectivity index (χ0v) is 15.6. The quantitative estimate of drug-likeness (QED) is 0.437. The van der Waals surface area contributed by atoms with Gasteiger partial charge in [-0.3, -0.25) is 9.98 Å². The Balaban J connectivity index is 2.39. The van der Waals surface area contributed by atoms with E-state index in [-0.39, 0.29) is 6.61 Å². The highest BCUT2D eigenvalue weighted by Gasteiger charge is 2.09. The van der Waals surface area contributed by atoms with Crippen molar-refractivity contribution in [2.45, 2.75) is 6.92 Å². The molecule has 26 heavy (non-hydrogen) atoms. The molecule has 0 amide bonds. The number of pyridine rings is 2. The third kappa shape index (κ3) is 5.29. The Labute approximate surface area is 157 Å². The minimum absolute atomic E-state index is 0.239. The SMILES string of the molecule is C=c1ccc(Cl)n/c1=C/C(=C\C)C(C=[NH+]C)=C(N)COc1ccncc1. The second kappa shape index (κ2) is 9.53. The van der Waals surface area contributed by atoms with Crippen LogP contribution in [0.2, 0.25) is 5.15 Å². The number of hydrogen-bond acceptors (Lipinski definition) is 4. The molecule has 5 nitrogen and oxygen atoms in total. The molecule has 0 saturated carbocycles. The van der Waals surface area contributed by atoms with Gasteiger partial charge in [0.2, 0.25) is 0 Å². The summed E-state index contributed by atoms with van der Waals surface area (Å²) in [6, 6.07) is 7.10. The third-order valence-corrected chi connectivity index (χ3v) is 3.78. The molecule has 0 spiro atoms. The van der Waals surface area contributed by atoms with Gasteiger partial charge in [-0.25, -0.2) is 4.98 Å². The van der Waals surface area contributed by atoms with Crippen LogP contribution in [0.3, 0.4) is 0 Å². The fraction of sp³-hybridized carbons (Fsp3) is 0.150. The first-order valence-electron chi connectivity index (χ1n) is 8.07. The van der Waals surface area contributed by atoms with Crippen molar-refractivity contribution in [3.05, 3.63) is 75.3 Å². The predicted molar refractivity (Wildman–Crippen MR) is 106 cm³/mol. The summed E-state index contributed by atoms with van der Waals surface area (Å²) in [5, 5.41) is 1.89. The first kappa shape index (κ1) is 19.4. The Morgan fingerprint density at radius 3 is 2.69 bits per heavy atom. The molecule has 0 atom stereocenters. The van der Waals surface area contributed by atoms with Crippen molar-refractivity contribution < 1.29 is 9.73 Å². The molecule has 0 radical (unpaired) electrons. The molecule has 0 bridgehead atoms. The van der Waals surface area contributed by atoms with Crippen molar-refractivity contribution in [2.24, 2.45) is 5.73 Å². The minimum atomic E-state index is 0.239. The third-order valence-electron chi connectivity index (χ3n) is 3.57. The maximum atomic E-state index is 6.29. The molecule has 134 valence electrons. The lowest BCUT2D eigenvalue weighted by molar-refractivity contribution is -0.413. The van der Waals surface area contributed by atoms with E-state index in [0.717, 1.165) is 16.4 Å². The number of rotatable bonds is 6. The topological polar surface area (TPSA) is 75.0 Å². The summed E-state index contributed by atoms with van der Waals surface area (Å²) in [4.78, 5) is 11.3. The maximum absolute atomic E-state index is 6.29. The van der Waals surface area contributed by atoms with Crippen LogP contribution in [0.4, 0.5) is 0 Å². The normalized spacial score (nSPS) is 13.8. The summed E-state index contributed by atoms with van der Waals surface area (Å²) in [6.45, 7) is 6.16. The summed E-state index contributed by atoms with van der Waals surface area (Å²) >= 11 is 6.00. The average molecular weight is 370 g/mol. The van der Waals surface area contributed by atoms with Gasteiger partial charge in [-0.1, -0.05) is 30.3 Å². The molecule has 0 aliphatic heterocycles. The van der Waals surface area contributed by atoms with Crippen molar-refractivity contribution in [1.82, 2.24) is 9.97 Å². The van der Waals surface area contributed by atoms with Gasteiger partial charge in [0.1, 0.15) is 24.6 Å². The lowest BCUT2D eigenvalue weighted by Gasteiger charge is -2.09. The van der Waals surface area contributed by atoms with Gasteiger partial charge in [-0.2, -0.15) is 0 Å². The van der Waals surface area contributed by atoms with E-state index < -0.39 is 0 Å². The van der Waals surface area contributed by atoms with Crippen LogP contribution in [0, 0.1) is 0 Å². The van der Waals surface area contributed by atoms with E-state index in [1.54, 1.807) is 30.6 Å². The van der Waals surface area contributed by atoms with E-state index in [0.29, 0.717) is 21.9 Å². The molecule has 0 aliphatic carbocycles. The van der Waals surface area contributed by atoms with Crippen molar-refractivity contribution >= 4 is 30.5 Å². The highest BCUT2D eigenvalue weighted by molar-refractivity contribution is 6.29. The Morgan fingerprint density at radius 1 is 1.31 bits per heavy atom. The summed E-state index contributed by atoms with van der Waals surface area (Å²) in [5.41, 5.74) is 8.57. The van der Waals surface area contributed by atoms with Crippen LogP contribution in [0.25, 0.3) is 12.7 Å². The van der Waals surface area contributed by atoms with Crippen LogP contribution in [-0.2, 0) is 0 Å². The van der Waals surface area contributed by atoms with Gasteiger partial charge in [0, 0.05) is 12.4 Å². The molecule has 2 heterocycles. The number of aromatic nitrogens is 2. The van der Waals surface area contributed by atoms with Gasteiger partial charge < -0.3 is 10.5 Å². The van der Waals surface area contributed by atoms with Crippen LogP contribution in [0.15, 0.2) is 59.6 Å². The number of nitrogens with one attached hydrogen (secondary N) is 1. The zero-order valence-electron chi connectivity index (χ0n) is 14.9. The van der Waals surface area contributed by atoms with E-state index >= 15 is 0 Å². The molecule has 0 aromatic carbocycles. The molecular formula is C20H22ClN4O+. The predicted octanol–water partition coefficient (Wildman–Crippen LogP) is 0.340. The second-order valence-corrected chi connectivity index (χ2v) is 5.80. The monoisotopic (exact) mass is 369 g/mol. The van der Waals surface area contributed by atoms with E-state index in [1.807, 2.05) is 38.4 Å². The number of halogens is 1. The Bertz CT molecular complexity index is 950. The zero-order chi connectivity index (χ0) is 18.9. The number of ether oxygens (including phenoxy) is 1. The molecule has 6 heteroatoms. The lowest BCUT2D eigenvalue weighted by Crippen LogP contribution is -2.63. The number of hydrogen-bond donors (Lipinski definition) is 2. The Hall–Kier alpha value is -2.92. The number of allylic oxidation sites excluding steroid dienone is 3. The molecule has 0 saturated heterocycles. The number of nitrogens with two attached hydrogens (primary N) is 1. The molecule has 0 fully saturated rings. The van der Waals surface area contributed by atoms with Gasteiger partial charge in [-0.15, -0.1) is 0 Å². The van der Waals surface area contributed by atoms with Gasteiger partial charge in [0.05, 0.1) is 16.6 Å². The average Bonchev–Trinajstić information content (AvgIpc) is 2.66.